The van der Waals surface area contributed by atoms with Crippen LogP contribution >= 0.6 is 0 Å². The number of hydrogen-bond acceptors (Lipinski definition) is 6. The van der Waals surface area contributed by atoms with Crippen molar-refractivity contribution in [3.63, 3.8) is 0 Å². The van der Waals surface area contributed by atoms with Gasteiger partial charge in [0.05, 0.1) is 17.1 Å². The van der Waals surface area contributed by atoms with Gasteiger partial charge in [0.25, 0.3) is 0 Å². The molecule has 11 heteroatoms. The monoisotopic (exact) mass is 475 g/mol. The maximum absolute atomic E-state index is 14.4. The minimum Gasteiger partial charge on any atom is -0.393 e. The molecule has 0 spiro atoms. The normalized spacial score (nSPS) is 22.4. The Bertz CT molecular complexity index is 1070. The molecular weight excluding hydrogens is 448 g/mol. The van der Waals surface area contributed by atoms with E-state index in [0.29, 0.717) is 38.2 Å². The van der Waals surface area contributed by atoms with E-state index < -0.39 is 28.6 Å². The topological polar surface area (TPSA) is 121 Å². The summed E-state index contributed by atoms with van der Waals surface area (Å²) in [6.07, 6.45) is 4.01. The minimum atomic E-state index is -0.641. The molecule has 9 nitrogen and oxygen atoms in total. The van der Waals surface area contributed by atoms with E-state index in [9.17, 15) is 28.8 Å². The van der Waals surface area contributed by atoms with Gasteiger partial charge in [-0.05, 0) is 62.3 Å². The maximum Gasteiger partial charge on any atom is 0.320 e. The number of carbonyl (C=O) groups is 1. The molecule has 2 heterocycles. The van der Waals surface area contributed by atoms with Gasteiger partial charge >= 0.3 is 11.7 Å². The number of halogens is 2. The molecule has 1 aliphatic heterocycles. The number of aliphatic hydroxyl groups excluding tert-OH is 1. The highest BCUT2D eigenvalue weighted by Gasteiger charge is 2.31. The number of pyridine rings is 1. The lowest BCUT2D eigenvalue weighted by Crippen LogP contribution is -2.36. The van der Waals surface area contributed by atoms with Crippen molar-refractivity contribution in [1.82, 2.24) is 10.3 Å². The first-order valence-electron chi connectivity index (χ1n) is 11.4. The lowest BCUT2D eigenvalue weighted by atomic mass is 9.87. The summed E-state index contributed by atoms with van der Waals surface area (Å²) in [6.45, 7) is 0.838. The summed E-state index contributed by atoms with van der Waals surface area (Å²) in [4.78, 5) is 29.4. The number of amides is 2. The third-order valence-corrected chi connectivity index (χ3v) is 6.46. The molecule has 0 radical (unpaired) electrons. The van der Waals surface area contributed by atoms with Gasteiger partial charge in [-0.1, -0.05) is 6.42 Å². The predicted molar refractivity (Wildman–Crippen MR) is 122 cm³/mol. The highest BCUT2D eigenvalue weighted by molar-refractivity contribution is 5.90. The Morgan fingerprint density at radius 2 is 2.03 bits per heavy atom. The first-order valence-corrected chi connectivity index (χ1v) is 11.4. The number of nitrogens with one attached hydrogen (secondary N) is 2. The third kappa shape index (κ3) is 5.41. The molecule has 2 aliphatic rings. The SMILES string of the molecule is O=C(NC[C@@H]1CCC[C@@H](O)C1)Nc1nc(N2CCC[C@@H]2c2cc(F)ccc2F)ccc1[N+](=O)[O-]. The molecule has 2 amide bonds. The van der Waals surface area contributed by atoms with Crippen LogP contribution in [0.3, 0.4) is 0 Å². The fourth-order valence-corrected chi connectivity index (χ4v) is 4.81. The molecular formula is C23H27F2N5O4. The van der Waals surface area contributed by atoms with Gasteiger partial charge in [0, 0.05) is 24.7 Å². The Balaban J connectivity index is 1.51. The maximum atomic E-state index is 14.4. The largest absolute Gasteiger partial charge is 0.393 e. The van der Waals surface area contributed by atoms with E-state index in [1.807, 2.05) is 0 Å². The zero-order valence-corrected chi connectivity index (χ0v) is 18.5. The first kappa shape index (κ1) is 23.8. The van der Waals surface area contributed by atoms with Gasteiger partial charge in [-0.2, -0.15) is 0 Å². The van der Waals surface area contributed by atoms with Crippen LogP contribution in [0.1, 0.15) is 50.1 Å². The quantitative estimate of drug-likeness (QED) is 0.424. The van der Waals surface area contributed by atoms with Crippen LogP contribution in [0.5, 0.6) is 0 Å². The minimum absolute atomic E-state index is 0.135. The molecule has 3 atom stereocenters. The number of carbonyl (C=O) groups excluding carboxylic acids is 1. The van der Waals surface area contributed by atoms with Crippen molar-refractivity contribution in [3.8, 4) is 0 Å². The average Bonchev–Trinajstić information content (AvgIpc) is 3.29. The zero-order valence-electron chi connectivity index (χ0n) is 18.5. The zero-order chi connectivity index (χ0) is 24.2. The highest BCUT2D eigenvalue weighted by Crippen LogP contribution is 2.38. The molecule has 0 bridgehead atoms. The number of anilines is 2. The molecule has 3 N–H and O–H groups in total. The van der Waals surface area contributed by atoms with E-state index in [-0.39, 0.29) is 29.1 Å². The Hall–Kier alpha value is -3.34. The summed E-state index contributed by atoms with van der Waals surface area (Å²) in [5, 5.41) is 26.4. The smallest absolute Gasteiger partial charge is 0.320 e. The van der Waals surface area contributed by atoms with E-state index in [0.717, 1.165) is 37.5 Å². The van der Waals surface area contributed by atoms with Crippen molar-refractivity contribution in [2.24, 2.45) is 5.92 Å². The molecule has 4 rings (SSSR count). The molecule has 1 saturated carbocycles. The van der Waals surface area contributed by atoms with Gasteiger partial charge in [-0.3, -0.25) is 15.4 Å². The van der Waals surface area contributed by atoms with Crippen LogP contribution in [0.25, 0.3) is 0 Å². The lowest BCUT2D eigenvalue weighted by Gasteiger charge is -2.27. The number of hydrogen-bond donors (Lipinski definition) is 3. The number of nitro groups is 1. The number of aliphatic hydroxyl groups is 1. The van der Waals surface area contributed by atoms with Crippen molar-refractivity contribution in [2.75, 3.05) is 23.3 Å². The van der Waals surface area contributed by atoms with E-state index in [2.05, 4.69) is 15.6 Å². The van der Waals surface area contributed by atoms with E-state index in [1.54, 1.807) is 4.90 Å². The standard InChI is InChI=1S/C23H27F2N5O4/c24-15-6-7-18(25)17(12-15)19-5-2-10-29(19)21-9-8-20(30(33)34)22(27-21)28-23(32)26-13-14-3-1-4-16(31)11-14/h6-9,12,14,16,19,31H,1-5,10-11,13H2,(H2,26,27,28,32)/t14-,16-,19-/m1/s1. The second kappa shape index (κ2) is 10.3. The third-order valence-electron chi connectivity index (χ3n) is 6.46. The van der Waals surface area contributed by atoms with Gasteiger partial charge in [-0.15, -0.1) is 0 Å². The van der Waals surface area contributed by atoms with Crippen LogP contribution in [-0.2, 0) is 0 Å². The van der Waals surface area contributed by atoms with Crippen LogP contribution in [-0.4, -0.2) is 40.2 Å². The number of nitrogens with zero attached hydrogens (tertiary/aromatic N) is 3. The molecule has 182 valence electrons. The second-order valence-corrected chi connectivity index (χ2v) is 8.83. The van der Waals surface area contributed by atoms with Crippen LogP contribution in [0.15, 0.2) is 30.3 Å². The second-order valence-electron chi connectivity index (χ2n) is 8.83. The summed E-state index contributed by atoms with van der Waals surface area (Å²) >= 11 is 0. The lowest BCUT2D eigenvalue weighted by molar-refractivity contribution is -0.384. The van der Waals surface area contributed by atoms with Crippen LogP contribution in [0.4, 0.5) is 30.9 Å². The number of benzene rings is 1. The van der Waals surface area contributed by atoms with Gasteiger partial charge in [-0.25, -0.2) is 18.6 Å². The number of urea groups is 1. The molecule has 2 fully saturated rings. The number of aromatic nitrogens is 1. The molecule has 1 aromatic carbocycles. The van der Waals surface area contributed by atoms with Gasteiger partial charge in [0.15, 0.2) is 0 Å². The van der Waals surface area contributed by atoms with E-state index in [1.165, 1.54) is 12.1 Å². The van der Waals surface area contributed by atoms with Crippen molar-refractivity contribution < 1.29 is 23.6 Å². The van der Waals surface area contributed by atoms with Crippen molar-refractivity contribution in [2.45, 2.75) is 50.7 Å². The van der Waals surface area contributed by atoms with Crippen molar-refractivity contribution >= 4 is 23.4 Å². The summed E-state index contributed by atoms with van der Waals surface area (Å²) in [6, 6.07) is 4.85. The van der Waals surface area contributed by atoms with Crippen molar-refractivity contribution in [1.29, 1.82) is 0 Å². The van der Waals surface area contributed by atoms with Crippen LogP contribution in [0, 0.1) is 27.7 Å². The van der Waals surface area contributed by atoms with Gasteiger partial charge < -0.3 is 15.3 Å². The van der Waals surface area contributed by atoms with Crippen LogP contribution in [0.2, 0.25) is 0 Å². The molecule has 0 unspecified atom stereocenters. The van der Waals surface area contributed by atoms with Crippen molar-refractivity contribution in [3.05, 3.63) is 57.6 Å². The Morgan fingerprint density at radius 1 is 1.21 bits per heavy atom. The molecule has 2 aromatic rings. The summed E-state index contributed by atoms with van der Waals surface area (Å²) in [5.41, 5.74) is -0.181. The number of rotatable bonds is 6. The summed E-state index contributed by atoms with van der Waals surface area (Å²) < 4.78 is 28.2. The fraction of sp³-hybridized carbons (Fsp3) is 0.478. The first-order chi connectivity index (χ1) is 16.3. The fourth-order valence-electron chi connectivity index (χ4n) is 4.81. The molecule has 1 aromatic heterocycles. The molecule has 34 heavy (non-hydrogen) atoms. The summed E-state index contributed by atoms with van der Waals surface area (Å²) in [5.74, 6) is -0.859. The van der Waals surface area contributed by atoms with E-state index >= 15 is 0 Å². The Labute approximate surface area is 195 Å². The van der Waals surface area contributed by atoms with Crippen LogP contribution < -0.4 is 15.5 Å². The van der Waals surface area contributed by atoms with Gasteiger partial charge in [0.2, 0.25) is 5.82 Å². The average molecular weight is 475 g/mol. The van der Waals surface area contributed by atoms with Gasteiger partial charge in [0.1, 0.15) is 17.5 Å². The summed E-state index contributed by atoms with van der Waals surface area (Å²) in [7, 11) is 0. The Kier molecular flexibility index (Phi) is 7.20. The molecule has 1 aliphatic carbocycles. The highest BCUT2D eigenvalue weighted by atomic mass is 19.1. The predicted octanol–water partition coefficient (Wildman–Crippen LogP) is 4.28. The Morgan fingerprint density at radius 3 is 2.79 bits per heavy atom. The molecule has 1 saturated heterocycles. The van der Waals surface area contributed by atoms with E-state index in [4.69, 9.17) is 0 Å².